The van der Waals surface area contributed by atoms with E-state index in [1.165, 1.54) is 0 Å². The highest BCUT2D eigenvalue weighted by atomic mass is 19.3. The van der Waals surface area contributed by atoms with Gasteiger partial charge in [-0.2, -0.15) is 0 Å². The molecule has 1 aliphatic rings. The first kappa shape index (κ1) is 12.4. The highest BCUT2D eigenvalue weighted by Crippen LogP contribution is 2.39. The van der Waals surface area contributed by atoms with Crippen LogP contribution in [0.1, 0.15) is 32.1 Å². The van der Waals surface area contributed by atoms with Crippen molar-refractivity contribution < 1.29 is 18.7 Å². The lowest BCUT2D eigenvalue weighted by atomic mass is 9.77. The summed E-state index contributed by atoms with van der Waals surface area (Å²) < 4.78 is 25.7. The number of carbonyl (C=O) groups is 1. The van der Waals surface area contributed by atoms with E-state index in [1.54, 1.807) is 0 Å². The van der Waals surface area contributed by atoms with Crippen LogP contribution in [-0.4, -0.2) is 23.5 Å². The van der Waals surface area contributed by atoms with Gasteiger partial charge in [-0.3, -0.25) is 4.79 Å². The van der Waals surface area contributed by atoms with Crippen molar-refractivity contribution in [2.75, 3.05) is 6.54 Å². The van der Waals surface area contributed by atoms with Crippen molar-refractivity contribution in [3.05, 3.63) is 0 Å². The largest absolute Gasteiger partial charge is 0.481 e. The summed E-state index contributed by atoms with van der Waals surface area (Å²) in [6, 6.07) is 0. The summed E-state index contributed by atoms with van der Waals surface area (Å²) in [4.78, 5) is 10.5. The number of rotatable bonds is 4. The van der Waals surface area contributed by atoms with Crippen LogP contribution in [0.2, 0.25) is 0 Å². The minimum Gasteiger partial charge on any atom is -0.481 e. The normalized spacial score (nSPS) is 23.7. The standard InChI is InChI=1S/C10H17F2NO2/c11-10(12)3-1-7(2-4-10)8(6-13)5-9(14)15/h7-8H,1-6,13H2,(H,14,15). The highest BCUT2D eigenvalue weighted by molar-refractivity contribution is 5.67. The van der Waals surface area contributed by atoms with Crippen molar-refractivity contribution in [2.24, 2.45) is 17.6 Å². The summed E-state index contributed by atoms with van der Waals surface area (Å²) in [6.45, 7) is 0.266. The summed E-state index contributed by atoms with van der Waals surface area (Å²) in [5.74, 6) is -3.56. The second kappa shape index (κ2) is 4.88. The first-order valence-corrected chi connectivity index (χ1v) is 5.24. The monoisotopic (exact) mass is 221 g/mol. The average molecular weight is 221 g/mol. The van der Waals surface area contributed by atoms with Crippen molar-refractivity contribution >= 4 is 5.97 Å². The minimum atomic E-state index is -2.56. The van der Waals surface area contributed by atoms with Gasteiger partial charge in [0, 0.05) is 19.3 Å². The van der Waals surface area contributed by atoms with Crippen LogP contribution in [0.15, 0.2) is 0 Å². The number of carboxylic acid groups (broad SMARTS) is 1. The molecule has 3 nitrogen and oxygen atoms in total. The summed E-state index contributed by atoms with van der Waals surface area (Å²) >= 11 is 0. The molecule has 1 rings (SSSR count). The van der Waals surface area contributed by atoms with E-state index in [0.717, 1.165) is 0 Å². The first-order chi connectivity index (χ1) is 6.94. The summed E-state index contributed by atoms with van der Waals surface area (Å²) in [5.41, 5.74) is 5.47. The zero-order chi connectivity index (χ0) is 11.5. The molecule has 5 heteroatoms. The molecule has 0 aromatic rings. The van der Waals surface area contributed by atoms with E-state index in [0.29, 0.717) is 12.8 Å². The molecule has 0 spiro atoms. The molecule has 0 radical (unpaired) electrons. The Labute approximate surface area is 87.6 Å². The smallest absolute Gasteiger partial charge is 0.303 e. The van der Waals surface area contributed by atoms with Gasteiger partial charge in [-0.15, -0.1) is 0 Å². The molecular weight excluding hydrogens is 204 g/mol. The third-order valence-electron chi connectivity index (χ3n) is 3.17. The zero-order valence-corrected chi connectivity index (χ0v) is 8.59. The van der Waals surface area contributed by atoms with Gasteiger partial charge in [-0.05, 0) is 31.2 Å². The topological polar surface area (TPSA) is 63.3 Å². The predicted molar refractivity (Wildman–Crippen MR) is 51.7 cm³/mol. The van der Waals surface area contributed by atoms with Gasteiger partial charge in [-0.25, -0.2) is 8.78 Å². The lowest BCUT2D eigenvalue weighted by Crippen LogP contribution is -2.32. The van der Waals surface area contributed by atoms with E-state index in [2.05, 4.69) is 0 Å². The van der Waals surface area contributed by atoms with Gasteiger partial charge in [0.25, 0.3) is 0 Å². The van der Waals surface area contributed by atoms with Crippen LogP contribution in [-0.2, 0) is 4.79 Å². The second-order valence-corrected chi connectivity index (χ2v) is 4.29. The minimum absolute atomic E-state index is 0.00720. The van der Waals surface area contributed by atoms with Crippen molar-refractivity contribution in [3.8, 4) is 0 Å². The quantitative estimate of drug-likeness (QED) is 0.761. The fraction of sp³-hybridized carbons (Fsp3) is 0.900. The number of halogens is 2. The van der Waals surface area contributed by atoms with Crippen LogP contribution in [0, 0.1) is 11.8 Å². The molecule has 1 aliphatic carbocycles. The lowest BCUT2D eigenvalue weighted by Gasteiger charge is -2.32. The van der Waals surface area contributed by atoms with Crippen LogP contribution in [0.4, 0.5) is 8.78 Å². The molecule has 1 atom stereocenters. The van der Waals surface area contributed by atoms with E-state index in [4.69, 9.17) is 10.8 Å². The Balaban J connectivity index is 2.46. The SMILES string of the molecule is NCC(CC(=O)O)C1CCC(F)(F)CC1. The van der Waals surface area contributed by atoms with Gasteiger partial charge >= 0.3 is 5.97 Å². The molecule has 0 amide bonds. The third kappa shape index (κ3) is 3.74. The van der Waals surface area contributed by atoms with E-state index in [-0.39, 0.29) is 37.6 Å². The Morgan fingerprint density at radius 3 is 2.40 bits per heavy atom. The van der Waals surface area contributed by atoms with E-state index in [1.807, 2.05) is 0 Å². The number of hydrogen-bond acceptors (Lipinski definition) is 2. The van der Waals surface area contributed by atoms with Crippen LogP contribution in [0.25, 0.3) is 0 Å². The Morgan fingerprint density at radius 1 is 1.47 bits per heavy atom. The average Bonchev–Trinajstić information content (AvgIpc) is 2.14. The van der Waals surface area contributed by atoms with Gasteiger partial charge in [0.1, 0.15) is 0 Å². The van der Waals surface area contributed by atoms with Gasteiger partial charge in [0.05, 0.1) is 0 Å². The Bertz CT molecular complexity index is 223. The summed E-state index contributed by atoms with van der Waals surface area (Å²) in [7, 11) is 0. The molecule has 0 saturated heterocycles. The molecule has 3 N–H and O–H groups in total. The maximum atomic E-state index is 12.9. The Kier molecular flexibility index (Phi) is 4.02. The molecule has 88 valence electrons. The molecule has 0 bridgehead atoms. The number of alkyl halides is 2. The molecule has 0 aliphatic heterocycles. The molecule has 0 aromatic heterocycles. The number of nitrogens with two attached hydrogens (primary N) is 1. The van der Waals surface area contributed by atoms with Crippen molar-refractivity contribution in [1.82, 2.24) is 0 Å². The zero-order valence-electron chi connectivity index (χ0n) is 8.59. The van der Waals surface area contributed by atoms with Crippen LogP contribution >= 0.6 is 0 Å². The van der Waals surface area contributed by atoms with Gasteiger partial charge < -0.3 is 10.8 Å². The van der Waals surface area contributed by atoms with Gasteiger partial charge in [-0.1, -0.05) is 0 Å². The highest BCUT2D eigenvalue weighted by Gasteiger charge is 2.37. The molecule has 15 heavy (non-hydrogen) atoms. The molecule has 0 aromatic carbocycles. The lowest BCUT2D eigenvalue weighted by molar-refractivity contribution is -0.138. The maximum Gasteiger partial charge on any atom is 0.303 e. The van der Waals surface area contributed by atoms with Crippen molar-refractivity contribution in [3.63, 3.8) is 0 Å². The maximum absolute atomic E-state index is 12.9. The second-order valence-electron chi connectivity index (χ2n) is 4.29. The first-order valence-electron chi connectivity index (χ1n) is 5.24. The van der Waals surface area contributed by atoms with Gasteiger partial charge in [0.2, 0.25) is 5.92 Å². The third-order valence-corrected chi connectivity index (χ3v) is 3.17. The van der Waals surface area contributed by atoms with Crippen molar-refractivity contribution in [1.29, 1.82) is 0 Å². The fourth-order valence-corrected chi connectivity index (χ4v) is 2.20. The molecule has 0 heterocycles. The molecule has 1 fully saturated rings. The summed E-state index contributed by atoms with van der Waals surface area (Å²) in [5, 5.41) is 8.64. The number of aliphatic carboxylic acids is 1. The van der Waals surface area contributed by atoms with Gasteiger partial charge in [0.15, 0.2) is 0 Å². The van der Waals surface area contributed by atoms with E-state index >= 15 is 0 Å². The summed E-state index contributed by atoms with van der Waals surface area (Å²) in [6.07, 6.45) is 0.513. The van der Waals surface area contributed by atoms with Crippen LogP contribution in [0.3, 0.4) is 0 Å². The Hall–Kier alpha value is -0.710. The van der Waals surface area contributed by atoms with Crippen LogP contribution in [0.5, 0.6) is 0 Å². The van der Waals surface area contributed by atoms with E-state index in [9.17, 15) is 13.6 Å². The number of hydrogen-bond donors (Lipinski definition) is 2. The van der Waals surface area contributed by atoms with Crippen LogP contribution < -0.4 is 5.73 Å². The molecule has 1 saturated carbocycles. The van der Waals surface area contributed by atoms with E-state index < -0.39 is 11.9 Å². The predicted octanol–water partition coefficient (Wildman–Crippen LogP) is 1.86. The molecule has 1 unspecified atom stereocenters. The Morgan fingerprint density at radius 2 is 2.00 bits per heavy atom. The fourth-order valence-electron chi connectivity index (χ4n) is 2.20. The molecular formula is C10H17F2NO2. The van der Waals surface area contributed by atoms with Crippen molar-refractivity contribution in [2.45, 2.75) is 38.0 Å². The number of carboxylic acids is 1.